The van der Waals surface area contributed by atoms with Crippen LogP contribution in [-0.4, -0.2) is 19.9 Å². The third kappa shape index (κ3) is 4.09. The van der Waals surface area contributed by atoms with E-state index in [4.69, 9.17) is 4.74 Å². The molecule has 0 aromatic carbocycles. The molecule has 0 aliphatic heterocycles. The van der Waals surface area contributed by atoms with E-state index in [0.29, 0.717) is 6.61 Å². The number of hydrazone groups is 1. The fourth-order valence-electron chi connectivity index (χ4n) is 0.494. The summed E-state index contributed by atoms with van der Waals surface area (Å²) in [6, 6.07) is 0. The fourth-order valence-corrected chi connectivity index (χ4v) is 0.494. The highest BCUT2D eigenvalue weighted by molar-refractivity contribution is 5.23. The Labute approximate surface area is 61.8 Å². The number of ether oxygens (including phenoxy) is 1. The molecule has 3 nitrogen and oxygen atoms in total. The van der Waals surface area contributed by atoms with E-state index in [0.717, 1.165) is 12.3 Å². The summed E-state index contributed by atoms with van der Waals surface area (Å²) in [5.41, 5.74) is 3.66. The number of rotatable bonds is 5. The van der Waals surface area contributed by atoms with Gasteiger partial charge >= 0.3 is 0 Å². The maximum Gasteiger partial charge on any atom is 0.0878 e. The second kappa shape index (κ2) is 6.29. The first kappa shape index (κ1) is 9.17. The Bertz CT molecular complexity index is 121. The number of nitrogens with one attached hydrogen (secondary N) is 1. The molecule has 0 bridgehead atoms. The summed E-state index contributed by atoms with van der Waals surface area (Å²) >= 11 is 0. The Balaban J connectivity index is 3.51. The van der Waals surface area contributed by atoms with Crippen LogP contribution < -0.4 is 5.43 Å². The first-order chi connectivity index (χ1) is 4.85. The Morgan fingerprint density at radius 2 is 2.50 bits per heavy atom. The van der Waals surface area contributed by atoms with Crippen molar-refractivity contribution in [2.45, 2.75) is 13.8 Å². The summed E-state index contributed by atoms with van der Waals surface area (Å²) in [6.45, 7) is 8.47. The highest BCUT2D eigenvalue weighted by Gasteiger charge is 1.90. The van der Waals surface area contributed by atoms with Crippen LogP contribution in [0.3, 0.4) is 0 Å². The molecule has 0 radical (unpaired) electrons. The molecule has 3 heteroatoms. The minimum Gasteiger partial charge on any atom is -0.375 e. The zero-order valence-electron chi connectivity index (χ0n) is 6.55. The lowest BCUT2D eigenvalue weighted by molar-refractivity contribution is 0.166. The van der Waals surface area contributed by atoms with Crippen molar-refractivity contribution < 1.29 is 4.74 Å². The van der Waals surface area contributed by atoms with Crippen molar-refractivity contribution in [3.05, 3.63) is 11.8 Å². The van der Waals surface area contributed by atoms with Crippen LogP contribution in [0, 0.1) is 0 Å². The minimum absolute atomic E-state index is 0.575. The largest absolute Gasteiger partial charge is 0.375 e. The van der Waals surface area contributed by atoms with Crippen LogP contribution in [0.4, 0.5) is 0 Å². The summed E-state index contributed by atoms with van der Waals surface area (Å²) in [6.07, 6.45) is 1.91. The zero-order chi connectivity index (χ0) is 7.82. The molecule has 0 saturated carbocycles. The maximum atomic E-state index is 5.12. The lowest BCUT2D eigenvalue weighted by Crippen LogP contribution is -2.10. The highest BCUT2D eigenvalue weighted by Crippen LogP contribution is 1.89. The van der Waals surface area contributed by atoms with E-state index in [-0.39, 0.29) is 0 Å². The van der Waals surface area contributed by atoms with E-state index in [2.05, 4.69) is 17.2 Å². The van der Waals surface area contributed by atoms with Gasteiger partial charge in [0.15, 0.2) is 0 Å². The molecule has 0 aromatic heterocycles. The van der Waals surface area contributed by atoms with Crippen molar-refractivity contribution in [1.29, 1.82) is 0 Å². The molecule has 0 heterocycles. The van der Waals surface area contributed by atoms with Gasteiger partial charge in [0.05, 0.1) is 12.3 Å². The summed E-state index contributed by atoms with van der Waals surface area (Å²) in [5.74, 6) is 0. The minimum atomic E-state index is 0.575. The van der Waals surface area contributed by atoms with Gasteiger partial charge in [-0.1, -0.05) is 6.08 Å². The van der Waals surface area contributed by atoms with E-state index in [9.17, 15) is 0 Å². The Morgan fingerprint density at radius 1 is 1.80 bits per heavy atom. The second-order valence-corrected chi connectivity index (χ2v) is 1.72. The van der Waals surface area contributed by atoms with Gasteiger partial charge in [0.2, 0.25) is 0 Å². The molecule has 0 amide bonds. The van der Waals surface area contributed by atoms with Crippen LogP contribution in [0.15, 0.2) is 16.9 Å². The number of allylic oxidation sites excluding steroid dienone is 1. The Kier molecular flexibility index (Phi) is 5.77. The van der Waals surface area contributed by atoms with Gasteiger partial charge in [-0.05, 0) is 13.8 Å². The predicted octanol–water partition coefficient (Wildman–Crippen LogP) is 1.13. The summed E-state index contributed by atoms with van der Waals surface area (Å²) in [7, 11) is 0. The molecule has 0 fully saturated rings. The summed E-state index contributed by atoms with van der Waals surface area (Å²) in [4.78, 5) is 0. The van der Waals surface area contributed by atoms with Crippen LogP contribution in [0.25, 0.3) is 0 Å². The normalized spacial score (nSPS) is 11.2. The van der Waals surface area contributed by atoms with Gasteiger partial charge in [-0.15, -0.1) is 0 Å². The molecular formula is C7H14N2O. The molecule has 0 unspecified atom stereocenters. The lowest BCUT2D eigenvalue weighted by atomic mass is 10.4. The smallest absolute Gasteiger partial charge is 0.0878 e. The van der Waals surface area contributed by atoms with Gasteiger partial charge in [0.25, 0.3) is 0 Å². The first-order valence-electron chi connectivity index (χ1n) is 3.29. The average Bonchev–Trinajstić information content (AvgIpc) is 1.98. The van der Waals surface area contributed by atoms with Gasteiger partial charge < -0.3 is 4.74 Å². The van der Waals surface area contributed by atoms with Crippen molar-refractivity contribution in [3.63, 3.8) is 0 Å². The molecule has 0 spiro atoms. The molecule has 0 aromatic rings. The fraction of sp³-hybridized carbons (Fsp3) is 0.571. The van der Waals surface area contributed by atoms with Gasteiger partial charge in [-0.25, -0.2) is 0 Å². The standard InChI is InChI=1S/C7H14N2O/c1-4-7(9-8-3)6-10-5-2/h4,9H,3,5-6H2,1-2H3/b7-4-. The van der Waals surface area contributed by atoms with Crippen LogP contribution in [-0.2, 0) is 4.74 Å². The van der Waals surface area contributed by atoms with Gasteiger partial charge in [-0.2, -0.15) is 5.10 Å². The summed E-state index contributed by atoms with van der Waals surface area (Å²) < 4.78 is 5.12. The van der Waals surface area contributed by atoms with Crippen molar-refractivity contribution in [2.75, 3.05) is 13.2 Å². The average molecular weight is 142 g/mol. The van der Waals surface area contributed by atoms with Crippen LogP contribution in [0.5, 0.6) is 0 Å². The second-order valence-electron chi connectivity index (χ2n) is 1.72. The molecule has 1 N–H and O–H groups in total. The molecule has 0 atom stereocenters. The van der Waals surface area contributed by atoms with Crippen molar-refractivity contribution in [1.82, 2.24) is 5.43 Å². The van der Waals surface area contributed by atoms with Crippen LogP contribution >= 0.6 is 0 Å². The van der Waals surface area contributed by atoms with E-state index in [1.54, 1.807) is 0 Å². The third-order valence-corrected chi connectivity index (χ3v) is 1.03. The number of hydrogen-bond donors (Lipinski definition) is 1. The van der Waals surface area contributed by atoms with Crippen LogP contribution in [0.1, 0.15) is 13.8 Å². The van der Waals surface area contributed by atoms with E-state index in [1.807, 2.05) is 19.9 Å². The molecule has 0 aliphatic carbocycles. The molecule has 0 rings (SSSR count). The van der Waals surface area contributed by atoms with E-state index >= 15 is 0 Å². The monoisotopic (exact) mass is 142 g/mol. The first-order valence-corrected chi connectivity index (χ1v) is 3.29. The van der Waals surface area contributed by atoms with Crippen molar-refractivity contribution >= 4 is 6.72 Å². The Morgan fingerprint density at radius 3 is 2.90 bits per heavy atom. The van der Waals surface area contributed by atoms with Gasteiger partial charge in [-0.3, -0.25) is 5.43 Å². The number of nitrogens with zero attached hydrogens (tertiary/aromatic N) is 1. The van der Waals surface area contributed by atoms with Gasteiger partial charge in [0.1, 0.15) is 0 Å². The van der Waals surface area contributed by atoms with E-state index in [1.165, 1.54) is 0 Å². The topological polar surface area (TPSA) is 33.6 Å². The SMILES string of the molecule is C=NN/C(=C\C)COCC. The van der Waals surface area contributed by atoms with Crippen molar-refractivity contribution in [3.8, 4) is 0 Å². The molecule has 58 valence electrons. The lowest BCUT2D eigenvalue weighted by Gasteiger charge is -2.04. The molecule has 10 heavy (non-hydrogen) atoms. The van der Waals surface area contributed by atoms with Crippen LogP contribution in [0.2, 0.25) is 0 Å². The van der Waals surface area contributed by atoms with E-state index < -0.39 is 0 Å². The predicted molar refractivity (Wildman–Crippen MR) is 42.9 cm³/mol. The number of hydrogen-bond acceptors (Lipinski definition) is 3. The summed E-state index contributed by atoms with van der Waals surface area (Å²) in [5, 5.41) is 3.51. The maximum absolute atomic E-state index is 5.12. The Hall–Kier alpha value is -0.830. The molecule has 0 saturated heterocycles. The zero-order valence-corrected chi connectivity index (χ0v) is 6.55. The van der Waals surface area contributed by atoms with Crippen molar-refractivity contribution in [2.24, 2.45) is 5.10 Å². The third-order valence-electron chi connectivity index (χ3n) is 1.03. The quantitative estimate of drug-likeness (QED) is 0.461. The van der Waals surface area contributed by atoms with Gasteiger partial charge in [0, 0.05) is 13.3 Å². The molecule has 0 aliphatic rings. The molecular weight excluding hydrogens is 128 g/mol. The highest BCUT2D eigenvalue weighted by atomic mass is 16.5.